The first-order chi connectivity index (χ1) is 37.2. The Labute approximate surface area is 440 Å². The van der Waals surface area contributed by atoms with Gasteiger partial charge in [-0.25, -0.2) is 4.98 Å². The fraction of sp³-hybridized carbons (Fsp3) is 0.0857. The summed E-state index contributed by atoms with van der Waals surface area (Å²) in [6.45, 7) is 13.0. The Balaban J connectivity index is 1.30. The SMILES string of the molecule is Cc1ccc2c(c1)c1ccccc1n2-c1nc(-n2c3ccccc3c3cc(C)ccc32)c(-n2c3ccccc3c3cc(C)ccc32)c(-c2ccccc2-c2cc(C)nc(C)c2)c1-n1c2ccccc2c2cc(C)ccc21. The summed E-state index contributed by atoms with van der Waals surface area (Å²) in [7, 11) is 0. The van der Waals surface area contributed by atoms with E-state index in [0.717, 1.165) is 101 Å². The lowest BCUT2D eigenvalue weighted by Crippen LogP contribution is -2.16. The summed E-state index contributed by atoms with van der Waals surface area (Å²) in [4.78, 5) is 11.4. The molecule has 0 radical (unpaired) electrons. The van der Waals surface area contributed by atoms with Crippen molar-refractivity contribution in [2.45, 2.75) is 41.5 Å². The second kappa shape index (κ2) is 16.5. The first-order valence-corrected chi connectivity index (χ1v) is 26.3. The molecule has 9 aromatic carbocycles. The summed E-state index contributed by atoms with van der Waals surface area (Å²) in [5, 5.41) is 9.45. The summed E-state index contributed by atoms with van der Waals surface area (Å²) in [5.41, 5.74) is 21.8. The van der Waals surface area contributed by atoms with E-state index in [1.54, 1.807) is 0 Å². The minimum absolute atomic E-state index is 0.818. The number of pyridine rings is 2. The average molecular weight is 977 g/mol. The predicted molar refractivity (Wildman–Crippen MR) is 319 cm³/mol. The van der Waals surface area contributed by atoms with Crippen molar-refractivity contribution in [3.8, 4) is 45.3 Å². The van der Waals surface area contributed by atoms with Crippen LogP contribution in [0.25, 0.3) is 132 Å². The molecular formula is C70H52N6. The third kappa shape index (κ3) is 6.40. The van der Waals surface area contributed by atoms with Gasteiger partial charge in [-0.05, 0) is 143 Å². The van der Waals surface area contributed by atoms with Gasteiger partial charge in [0.1, 0.15) is 11.4 Å². The fourth-order valence-electron chi connectivity index (χ4n) is 12.8. The maximum atomic E-state index is 6.47. The van der Waals surface area contributed by atoms with E-state index in [0.29, 0.717) is 0 Å². The Kier molecular flexibility index (Phi) is 9.55. The number of para-hydroxylation sites is 4. The van der Waals surface area contributed by atoms with E-state index in [1.807, 2.05) is 0 Å². The molecule has 0 atom stereocenters. The van der Waals surface area contributed by atoms with Crippen LogP contribution < -0.4 is 0 Å². The lowest BCUT2D eigenvalue weighted by molar-refractivity contribution is 0.961. The Hall–Kier alpha value is -9.52. The van der Waals surface area contributed by atoms with Crippen LogP contribution in [0, 0.1) is 41.5 Å². The van der Waals surface area contributed by atoms with Gasteiger partial charge in [0.25, 0.3) is 0 Å². The van der Waals surface area contributed by atoms with Gasteiger partial charge in [-0.2, -0.15) is 0 Å². The molecule has 362 valence electrons. The molecule has 76 heavy (non-hydrogen) atoms. The van der Waals surface area contributed by atoms with Crippen LogP contribution in [0.2, 0.25) is 0 Å². The van der Waals surface area contributed by atoms with Crippen molar-refractivity contribution in [3.05, 3.63) is 240 Å². The summed E-state index contributed by atoms with van der Waals surface area (Å²) < 4.78 is 10.00. The summed E-state index contributed by atoms with van der Waals surface area (Å²) in [6, 6.07) is 76.8. The van der Waals surface area contributed by atoms with E-state index in [9.17, 15) is 0 Å². The van der Waals surface area contributed by atoms with Crippen LogP contribution in [-0.4, -0.2) is 28.2 Å². The third-order valence-electron chi connectivity index (χ3n) is 15.9. The maximum Gasteiger partial charge on any atom is 0.165 e. The van der Waals surface area contributed by atoms with Crippen molar-refractivity contribution in [3.63, 3.8) is 0 Å². The predicted octanol–water partition coefficient (Wildman–Crippen LogP) is 18.0. The van der Waals surface area contributed by atoms with Gasteiger partial charge in [-0.15, -0.1) is 0 Å². The Morgan fingerprint density at radius 3 is 0.947 bits per heavy atom. The van der Waals surface area contributed by atoms with Gasteiger partial charge in [0.15, 0.2) is 11.6 Å². The van der Waals surface area contributed by atoms with Crippen LogP contribution in [0.3, 0.4) is 0 Å². The number of nitrogens with zero attached hydrogens (tertiary/aromatic N) is 6. The zero-order valence-corrected chi connectivity index (χ0v) is 43.3. The van der Waals surface area contributed by atoms with E-state index in [4.69, 9.17) is 9.97 Å². The van der Waals surface area contributed by atoms with Gasteiger partial charge in [0.2, 0.25) is 0 Å². The highest BCUT2D eigenvalue weighted by Crippen LogP contribution is 2.51. The number of aromatic nitrogens is 6. The molecule has 15 rings (SSSR count). The summed E-state index contributed by atoms with van der Waals surface area (Å²) in [5.74, 6) is 1.64. The van der Waals surface area contributed by atoms with E-state index in [2.05, 4.69) is 266 Å². The van der Waals surface area contributed by atoms with E-state index in [-0.39, 0.29) is 0 Å². The van der Waals surface area contributed by atoms with E-state index >= 15 is 0 Å². The standard InChI is InChI=1S/C70H52N6/c1-41-27-31-62-54(35-41)49-18-9-13-23-58(49)73(62)67-66(53-22-8-7-17-48(53)47-39-45(5)71-46(6)40-47)68(74-59-24-14-10-19-50(59)55-36-42(2)28-32-63(55)74)70(76-61-26-16-12-21-52(61)57-38-44(4)30-34-65(57)76)72-69(67)75-60-25-15-11-20-51(60)56-37-43(3)29-33-64(56)75/h7-40H,1-6H3. The normalized spacial score (nSPS) is 12.1. The van der Waals surface area contributed by atoms with Crippen molar-refractivity contribution in [2.75, 3.05) is 0 Å². The fourth-order valence-corrected chi connectivity index (χ4v) is 12.8. The second-order valence-corrected chi connectivity index (χ2v) is 21.0. The highest BCUT2D eigenvalue weighted by molar-refractivity contribution is 6.16. The summed E-state index contributed by atoms with van der Waals surface area (Å²) in [6.07, 6.45) is 0. The number of benzene rings is 9. The molecule has 0 unspecified atom stereocenters. The summed E-state index contributed by atoms with van der Waals surface area (Å²) >= 11 is 0. The highest BCUT2D eigenvalue weighted by Gasteiger charge is 2.33. The molecule has 6 heterocycles. The molecule has 0 fully saturated rings. The van der Waals surface area contributed by atoms with Crippen molar-refractivity contribution in [1.82, 2.24) is 28.2 Å². The zero-order chi connectivity index (χ0) is 51.1. The van der Waals surface area contributed by atoms with Gasteiger partial charge < -0.3 is 9.13 Å². The lowest BCUT2D eigenvalue weighted by Gasteiger charge is -2.28. The largest absolute Gasteiger partial charge is 0.305 e. The highest BCUT2D eigenvalue weighted by atomic mass is 15.2. The van der Waals surface area contributed by atoms with Gasteiger partial charge in [0.05, 0.1) is 44.1 Å². The van der Waals surface area contributed by atoms with Crippen molar-refractivity contribution in [1.29, 1.82) is 0 Å². The second-order valence-electron chi connectivity index (χ2n) is 21.0. The molecule has 6 nitrogen and oxygen atoms in total. The Morgan fingerprint density at radius 1 is 0.263 bits per heavy atom. The molecule has 0 N–H and O–H groups in total. The molecule has 0 aliphatic heterocycles. The molecule has 0 aliphatic rings. The molecular weight excluding hydrogens is 925 g/mol. The van der Waals surface area contributed by atoms with E-state index < -0.39 is 0 Å². The smallest absolute Gasteiger partial charge is 0.165 e. The Bertz CT molecular complexity index is 4670. The maximum absolute atomic E-state index is 6.47. The third-order valence-corrected chi connectivity index (χ3v) is 15.9. The molecule has 0 saturated heterocycles. The molecule has 0 amide bonds. The van der Waals surface area contributed by atoms with Crippen molar-refractivity contribution in [2.24, 2.45) is 0 Å². The number of aryl methyl sites for hydroxylation is 6. The lowest BCUT2D eigenvalue weighted by atomic mass is 9.91. The average Bonchev–Trinajstić information content (AvgIpc) is 4.33. The number of fused-ring (bicyclic) bond motifs is 12. The molecule has 15 aromatic rings. The van der Waals surface area contributed by atoms with Crippen LogP contribution >= 0.6 is 0 Å². The number of hydrogen-bond donors (Lipinski definition) is 0. The topological polar surface area (TPSA) is 45.5 Å². The van der Waals surface area contributed by atoms with E-state index in [1.165, 1.54) is 65.3 Å². The molecule has 6 heteroatoms. The van der Waals surface area contributed by atoms with Crippen LogP contribution in [0.1, 0.15) is 33.6 Å². The van der Waals surface area contributed by atoms with Gasteiger partial charge in [0, 0.05) is 60.0 Å². The van der Waals surface area contributed by atoms with Crippen molar-refractivity contribution < 1.29 is 0 Å². The van der Waals surface area contributed by atoms with Gasteiger partial charge >= 0.3 is 0 Å². The van der Waals surface area contributed by atoms with Crippen LogP contribution in [0.5, 0.6) is 0 Å². The van der Waals surface area contributed by atoms with Crippen LogP contribution in [-0.2, 0) is 0 Å². The Morgan fingerprint density at radius 2 is 0.566 bits per heavy atom. The number of rotatable bonds is 6. The molecule has 0 saturated carbocycles. The molecule has 0 spiro atoms. The molecule has 6 aromatic heterocycles. The minimum atomic E-state index is 0.818. The molecule has 0 aliphatic carbocycles. The minimum Gasteiger partial charge on any atom is -0.305 e. The van der Waals surface area contributed by atoms with Crippen molar-refractivity contribution >= 4 is 87.2 Å². The monoisotopic (exact) mass is 976 g/mol. The van der Waals surface area contributed by atoms with Gasteiger partial charge in [-0.1, -0.05) is 144 Å². The van der Waals surface area contributed by atoms with Crippen LogP contribution in [0.15, 0.2) is 206 Å². The quantitative estimate of drug-likeness (QED) is 0.167. The first-order valence-electron chi connectivity index (χ1n) is 26.3. The van der Waals surface area contributed by atoms with Crippen LogP contribution in [0.4, 0.5) is 0 Å². The molecule has 0 bridgehead atoms. The number of hydrogen-bond acceptors (Lipinski definition) is 2. The first kappa shape index (κ1) is 44.0. The van der Waals surface area contributed by atoms with Gasteiger partial charge in [-0.3, -0.25) is 14.1 Å². The zero-order valence-electron chi connectivity index (χ0n) is 43.3.